The molecule has 0 aliphatic rings. The molecule has 0 saturated carbocycles. The highest BCUT2D eigenvalue weighted by molar-refractivity contribution is 8.20. The van der Waals surface area contributed by atoms with Gasteiger partial charge in [-0.25, -0.2) is 0 Å². The number of benzene rings is 2. The maximum atomic E-state index is 11.6. The van der Waals surface area contributed by atoms with E-state index in [2.05, 4.69) is 44.5 Å². The van der Waals surface area contributed by atoms with Gasteiger partial charge in [0.05, 0.1) is 6.19 Å². The van der Waals surface area contributed by atoms with Gasteiger partial charge >= 0.3 is 0 Å². The zero-order valence-electron chi connectivity index (χ0n) is 14.1. The van der Waals surface area contributed by atoms with Gasteiger partial charge in [0.2, 0.25) is 0 Å². The second kappa shape index (κ2) is 7.53. The van der Waals surface area contributed by atoms with Crippen LogP contribution in [0.2, 0.25) is 0 Å². The van der Waals surface area contributed by atoms with Crippen molar-refractivity contribution in [1.82, 2.24) is 4.67 Å². The van der Waals surface area contributed by atoms with Crippen LogP contribution >= 0.6 is 6.19 Å². The van der Waals surface area contributed by atoms with Gasteiger partial charge in [0.25, 0.3) is 0 Å². The van der Waals surface area contributed by atoms with Crippen molar-refractivity contribution in [3.8, 4) is 0 Å². The summed E-state index contributed by atoms with van der Waals surface area (Å²) in [5.41, 5.74) is 0.700. The van der Waals surface area contributed by atoms with Crippen molar-refractivity contribution in [1.29, 1.82) is 0 Å². The van der Waals surface area contributed by atoms with Crippen LogP contribution in [0.1, 0.15) is 38.1 Å². The summed E-state index contributed by atoms with van der Waals surface area (Å²) >= 11 is 6.34. The van der Waals surface area contributed by atoms with Crippen molar-refractivity contribution in [2.24, 2.45) is 0 Å². The molecule has 0 N–H and O–H groups in total. The first kappa shape index (κ1) is 18.1. The van der Waals surface area contributed by atoms with Gasteiger partial charge in [-0.2, -0.15) is 0 Å². The maximum absolute atomic E-state index is 11.6. The molecule has 0 amide bonds. The summed E-state index contributed by atoms with van der Waals surface area (Å²) in [7, 11) is 0. The van der Waals surface area contributed by atoms with Crippen molar-refractivity contribution in [3.63, 3.8) is 0 Å². The summed E-state index contributed by atoms with van der Waals surface area (Å²) in [4.78, 5) is 11.6. The van der Waals surface area contributed by atoms with Crippen molar-refractivity contribution in [2.45, 2.75) is 39.8 Å². The molecule has 0 saturated heterocycles. The Morgan fingerprint density at radius 3 is 1.96 bits per heavy atom. The lowest BCUT2D eigenvalue weighted by Gasteiger charge is -2.42. The van der Waals surface area contributed by atoms with Crippen LogP contribution in [0.3, 0.4) is 0 Å². The first-order valence-corrected chi connectivity index (χ1v) is 10.7. The number of aldehydes is 1. The number of nitrogens with zero attached hydrogens (tertiary/aromatic N) is 1. The van der Waals surface area contributed by atoms with Gasteiger partial charge < -0.3 is 0 Å². The zero-order valence-corrected chi connectivity index (χ0v) is 15.9. The molecular weight excluding hydrogens is 321 g/mol. The fourth-order valence-electron chi connectivity index (χ4n) is 3.14. The Kier molecular flexibility index (Phi) is 5.91. The first-order valence-electron chi connectivity index (χ1n) is 7.92. The summed E-state index contributed by atoms with van der Waals surface area (Å²) in [6, 6.07) is 18.6. The standard InChI is InChI=1S/C19H24NOPS/c1-15(2)20(16(3)4)22(23,18-11-6-5-7-12-18)19-13-9-8-10-17(19)14-21/h5-16H,1-4H3. The molecule has 0 fully saturated rings. The van der Waals surface area contributed by atoms with Crippen LogP contribution < -0.4 is 10.6 Å². The minimum atomic E-state index is -2.27. The van der Waals surface area contributed by atoms with Crippen molar-refractivity contribution < 1.29 is 4.79 Å². The van der Waals surface area contributed by atoms with Crippen LogP contribution in [0.25, 0.3) is 0 Å². The Balaban J connectivity index is 2.80. The fraction of sp³-hybridized carbons (Fsp3) is 0.316. The van der Waals surface area contributed by atoms with Crippen LogP contribution in [0.4, 0.5) is 0 Å². The van der Waals surface area contributed by atoms with Crippen LogP contribution in [-0.4, -0.2) is 23.0 Å². The molecule has 2 nitrogen and oxygen atoms in total. The molecule has 122 valence electrons. The summed E-state index contributed by atoms with van der Waals surface area (Å²) in [6.45, 7) is 8.70. The third-order valence-corrected chi connectivity index (χ3v) is 9.30. The van der Waals surface area contributed by atoms with Gasteiger partial charge in [-0.15, -0.1) is 0 Å². The minimum absolute atomic E-state index is 0.292. The van der Waals surface area contributed by atoms with Gasteiger partial charge in [-0.05, 0) is 27.7 Å². The van der Waals surface area contributed by atoms with Crippen LogP contribution in [-0.2, 0) is 11.8 Å². The SMILES string of the molecule is CC(C)N(C(C)C)P(=S)(c1ccccc1)c1ccccc1C=O. The minimum Gasteiger partial charge on any atom is -0.298 e. The fourth-order valence-corrected chi connectivity index (χ4v) is 8.57. The van der Waals surface area contributed by atoms with Gasteiger partial charge in [0.15, 0.2) is 6.29 Å². The average Bonchev–Trinajstić information content (AvgIpc) is 2.54. The number of carbonyl (C=O) groups excluding carboxylic acids is 1. The van der Waals surface area contributed by atoms with E-state index in [9.17, 15) is 4.79 Å². The monoisotopic (exact) mass is 345 g/mol. The Morgan fingerprint density at radius 2 is 1.43 bits per heavy atom. The van der Waals surface area contributed by atoms with Gasteiger partial charge in [0, 0.05) is 28.3 Å². The van der Waals surface area contributed by atoms with Gasteiger partial charge in [0.1, 0.15) is 0 Å². The predicted molar refractivity (Wildman–Crippen MR) is 104 cm³/mol. The molecule has 23 heavy (non-hydrogen) atoms. The van der Waals surface area contributed by atoms with E-state index in [4.69, 9.17) is 11.8 Å². The second-order valence-electron chi connectivity index (χ2n) is 6.16. The highest BCUT2D eigenvalue weighted by atomic mass is 32.4. The molecular formula is C19H24NOPS. The molecule has 2 rings (SSSR count). The quantitative estimate of drug-likeness (QED) is 0.584. The molecule has 0 aromatic heterocycles. The van der Waals surface area contributed by atoms with Crippen molar-refractivity contribution >= 4 is 34.9 Å². The number of carbonyl (C=O) groups is 1. The molecule has 0 radical (unpaired) electrons. The van der Waals surface area contributed by atoms with Crippen molar-refractivity contribution in [3.05, 3.63) is 60.2 Å². The largest absolute Gasteiger partial charge is 0.298 e. The normalized spacial score (nSPS) is 14.2. The topological polar surface area (TPSA) is 20.3 Å². The molecule has 0 aliphatic carbocycles. The predicted octanol–water partition coefficient (Wildman–Crippen LogP) is 3.96. The maximum Gasteiger partial charge on any atom is 0.150 e. The zero-order chi connectivity index (χ0) is 17.0. The molecule has 0 heterocycles. The molecule has 4 heteroatoms. The molecule has 2 aromatic rings. The van der Waals surface area contributed by atoms with E-state index in [1.54, 1.807) is 0 Å². The molecule has 0 spiro atoms. The number of hydrogen-bond acceptors (Lipinski definition) is 2. The molecule has 1 unspecified atom stereocenters. The lowest BCUT2D eigenvalue weighted by molar-refractivity contribution is 0.112. The Hall–Kier alpha value is -1.28. The summed E-state index contributed by atoms with van der Waals surface area (Å²) in [6.07, 6.45) is -1.34. The summed E-state index contributed by atoms with van der Waals surface area (Å²) in [5, 5.41) is 2.12. The highest BCUT2D eigenvalue weighted by Gasteiger charge is 2.34. The Bertz CT molecular complexity index is 704. The van der Waals surface area contributed by atoms with E-state index >= 15 is 0 Å². The lowest BCUT2D eigenvalue weighted by Crippen LogP contribution is -2.41. The second-order valence-corrected chi connectivity index (χ2v) is 10.4. The molecule has 0 bridgehead atoms. The average molecular weight is 345 g/mol. The van der Waals surface area contributed by atoms with E-state index in [1.165, 1.54) is 0 Å². The third-order valence-electron chi connectivity index (χ3n) is 3.88. The van der Waals surface area contributed by atoms with Crippen LogP contribution in [0.5, 0.6) is 0 Å². The number of rotatable bonds is 6. The van der Waals surface area contributed by atoms with Crippen LogP contribution in [0, 0.1) is 0 Å². The number of hydrogen-bond donors (Lipinski definition) is 0. The van der Waals surface area contributed by atoms with E-state index in [1.807, 2.05) is 42.5 Å². The first-order chi connectivity index (χ1) is 10.9. The Morgan fingerprint density at radius 1 is 0.913 bits per heavy atom. The van der Waals surface area contributed by atoms with E-state index < -0.39 is 6.19 Å². The van der Waals surface area contributed by atoms with Gasteiger partial charge in [-0.1, -0.05) is 66.4 Å². The third kappa shape index (κ3) is 3.47. The van der Waals surface area contributed by atoms with E-state index in [0.29, 0.717) is 17.6 Å². The summed E-state index contributed by atoms with van der Waals surface area (Å²) in [5.74, 6) is 0. The smallest absolute Gasteiger partial charge is 0.150 e. The highest BCUT2D eigenvalue weighted by Crippen LogP contribution is 2.51. The molecule has 0 aliphatic heterocycles. The summed E-state index contributed by atoms with van der Waals surface area (Å²) < 4.78 is 2.40. The molecule has 2 aromatic carbocycles. The molecule has 1 atom stereocenters. The lowest BCUT2D eigenvalue weighted by atomic mass is 10.2. The van der Waals surface area contributed by atoms with E-state index in [0.717, 1.165) is 16.9 Å². The van der Waals surface area contributed by atoms with Gasteiger partial charge in [-0.3, -0.25) is 9.46 Å². The van der Waals surface area contributed by atoms with Crippen molar-refractivity contribution in [2.75, 3.05) is 0 Å². The van der Waals surface area contributed by atoms with E-state index in [-0.39, 0.29) is 0 Å². The Labute approximate surface area is 144 Å². The van der Waals surface area contributed by atoms with Crippen LogP contribution in [0.15, 0.2) is 54.6 Å².